The van der Waals surface area contributed by atoms with E-state index in [4.69, 9.17) is 5.73 Å². The molecule has 118 valence electrons. The summed E-state index contributed by atoms with van der Waals surface area (Å²) in [6.45, 7) is 0. The zero-order chi connectivity index (χ0) is 15.1. The Balaban J connectivity index is 1.48. The van der Waals surface area contributed by atoms with Gasteiger partial charge in [-0.25, -0.2) is 4.98 Å². The number of allylic oxidation sites excluding steroid dienone is 1. The lowest BCUT2D eigenvalue weighted by Gasteiger charge is -2.23. The molecule has 1 amide bonds. The van der Waals surface area contributed by atoms with Crippen LogP contribution < -0.4 is 11.1 Å². The molecule has 3 N–H and O–H groups in total. The van der Waals surface area contributed by atoms with Crippen molar-refractivity contribution < 1.29 is 4.79 Å². The Hall–Kier alpha value is -1.20. The van der Waals surface area contributed by atoms with Crippen LogP contribution in [0.3, 0.4) is 0 Å². The monoisotopic (exact) mass is 317 g/mol. The number of aryl methyl sites for hydroxylation is 2. The maximum absolute atomic E-state index is 12.6. The van der Waals surface area contributed by atoms with Gasteiger partial charge in [-0.2, -0.15) is 0 Å². The number of fused-ring (bicyclic) bond motifs is 3. The maximum Gasteiger partial charge on any atom is 0.231 e. The third-order valence-corrected chi connectivity index (χ3v) is 6.47. The van der Waals surface area contributed by atoms with Gasteiger partial charge < -0.3 is 11.1 Å². The summed E-state index contributed by atoms with van der Waals surface area (Å²) in [5, 5.41) is 3.83. The first-order valence-electron chi connectivity index (χ1n) is 8.46. The summed E-state index contributed by atoms with van der Waals surface area (Å²) >= 11 is 1.66. The topological polar surface area (TPSA) is 68.0 Å². The highest BCUT2D eigenvalue weighted by molar-refractivity contribution is 7.15. The van der Waals surface area contributed by atoms with Gasteiger partial charge in [0.05, 0.1) is 11.6 Å². The zero-order valence-corrected chi connectivity index (χ0v) is 13.6. The molecular formula is C17H23N3OS. The smallest absolute Gasteiger partial charge is 0.231 e. The lowest BCUT2D eigenvalue weighted by molar-refractivity contribution is -0.120. The first-order chi connectivity index (χ1) is 10.7. The number of hydrogen-bond acceptors (Lipinski definition) is 4. The van der Waals surface area contributed by atoms with Crippen molar-refractivity contribution in [3.63, 3.8) is 0 Å². The number of nitrogens with one attached hydrogen (secondary N) is 1. The number of nitrogens with two attached hydrogens (primary N) is 1. The summed E-state index contributed by atoms with van der Waals surface area (Å²) in [7, 11) is 0. The van der Waals surface area contributed by atoms with Crippen LogP contribution in [0.5, 0.6) is 0 Å². The highest BCUT2D eigenvalue weighted by atomic mass is 32.1. The number of thiazole rings is 1. The molecule has 0 unspecified atom stereocenters. The van der Waals surface area contributed by atoms with Crippen LogP contribution in [0.4, 0.5) is 5.13 Å². The van der Waals surface area contributed by atoms with Gasteiger partial charge in [0.1, 0.15) is 0 Å². The molecule has 0 spiro atoms. The highest BCUT2D eigenvalue weighted by Crippen LogP contribution is 2.43. The van der Waals surface area contributed by atoms with E-state index in [1.54, 1.807) is 11.3 Å². The number of rotatable bonds is 2. The maximum atomic E-state index is 12.6. The van der Waals surface area contributed by atoms with Gasteiger partial charge in [-0.05, 0) is 43.9 Å². The van der Waals surface area contributed by atoms with E-state index >= 15 is 0 Å². The van der Waals surface area contributed by atoms with Gasteiger partial charge in [-0.15, -0.1) is 11.3 Å². The van der Waals surface area contributed by atoms with Gasteiger partial charge in [0.2, 0.25) is 5.91 Å². The Morgan fingerprint density at radius 3 is 2.73 bits per heavy atom. The average Bonchev–Trinajstić information content (AvgIpc) is 3.14. The van der Waals surface area contributed by atoms with Gasteiger partial charge in [-0.1, -0.05) is 25.0 Å². The first kappa shape index (κ1) is 14.4. The largest absolute Gasteiger partial charge is 0.326 e. The number of hydrogen-bond donors (Lipinski definition) is 2. The second kappa shape index (κ2) is 5.78. The van der Waals surface area contributed by atoms with Crippen LogP contribution in [0.15, 0.2) is 12.2 Å². The third kappa shape index (κ3) is 2.50. The van der Waals surface area contributed by atoms with Crippen molar-refractivity contribution in [2.45, 2.75) is 51.0 Å². The van der Waals surface area contributed by atoms with Crippen LogP contribution in [-0.2, 0) is 17.6 Å². The van der Waals surface area contributed by atoms with Crippen molar-refractivity contribution in [2.75, 3.05) is 5.32 Å². The second-order valence-electron chi connectivity index (χ2n) is 6.84. The predicted octanol–water partition coefficient (Wildman–Crippen LogP) is 2.89. The molecule has 3 aliphatic rings. The summed E-state index contributed by atoms with van der Waals surface area (Å²) in [6, 6.07) is -0.0315. The number of amides is 1. The van der Waals surface area contributed by atoms with E-state index < -0.39 is 0 Å². The van der Waals surface area contributed by atoms with E-state index in [0.29, 0.717) is 11.8 Å². The Morgan fingerprint density at radius 1 is 1.18 bits per heavy atom. The van der Waals surface area contributed by atoms with Gasteiger partial charge in [0, 0.05) is 10.9 Å². The Morgan fingerprint density at radius 2 is 1.95 bits per heavy atom. The van der Waals surface area contributed by atoms with E-state index in [2.05, 4.69) is 22.5 Å². The van der Waals surface area contributed by atoms with Crippen LogP contribution in [0.25, 0.3) is 0 Å². The second-order valence-corrected chi connectivity index (χ2v) is 7.93. The fraction of sp³-hybridized carbons (Fsp3) is 0.647. The zero-order valence-electron chi connectivity index (χ0n) is 12.8. The lowest BCUT2D eigenvalue weighted by Crippen LogP contribution is -2.41. The summed E-state index contributed by atoms with van der Waals surface area (Å²) < 4.78 is 0. The molecule has 4 rings (SSSR count). The average molecular weight is 317 g/mol. The van der Waals surface area contributed by atoms with Crippen LogP contribution in [-0.4, -0.2) is 16.9 Å². The Labute approximate surface area is 135 Å². The Bertz CT molecular complexity index is 584. The molecule has 1 heterocycles. The number of carbonyl (C=O) groups excluding carboxylic acids is 1. The summed E-state index contributed by atoms with van der Waals surface area (Å²) in [5.41, 5.74) is 7.43. The summed E-state index contributed by atoms with van der Waals surface area (Å²) in [6.07, 6.45) is 12.6. The lowest BCUT2D eigenvalue weighted by atomic mass is 9.89. The van der Waals surface area contributed by atoms with Gasteiger partial charge in [0.25, 0.3) is 0 Å². The van der Waals surface area contributed by atoms with E-state index in [-0.39, 0.29) is 17.9 Å². The number of nitrogens with zero attached hydrogens (tertiary/aromatic N) is 1. The van der Waals surface area contributed by atoms with Gasteiger partial charge >= 0.3 is 0 Å². The van der Waals surface area contributed by atoms with Gasteiger partial charge in [0.15, 0.2) is 5.13 Å². The van der Waals surface area contributed by atoms with Crippen LogP contribution in [0.2, 0.25) is 0 Å². The molecule has 0 aromatic carbocycles. The molecule has 1 aromatic rings. The van der Waals surface area contributed by atoms with E-state index in [0.717, 1.165) is 24.4 Å². The minimum atomic E-state index is -0.0820. The van der Waals surface area contributed by atoms with Crippen molar-refractivity contribution in [1.29, 1.82) is 0 Å². The molecule has 4 nitrogen and oxygen atoms in total. The molecule has 0 radical (unpaired) electrons. The van der Waals surface area contributed by atoms with Crippen molar-refractivity contribution in [3.05, 3.63) is 22.7 Å². The quantitative estimate of drug-likeness (QED) is 0.824. The van der Waals surface area contributed by atoms with E-state index in [1.165, 1.54) is 36.3 Å². The van der Waals surface area contributed by atoms with Crippen molar-refractivity contribution in [3.8, 4) is 0 Å². The fourth-order valence-electron chi connectivity index (χ4n) is 4.18. The number of aromatic nitrogens is 1. The summed E-state index contributed by atoms with van der Waals surface area (Å²) in [5.74, 6) is 0.686. The third-order valence-electron chi connectivity index (χ3n) is 5.40. The van der Waals surface area contributed by atoms with Crippen LogP contribution in [0.1, 0.15) is 42.7 Å². The standard InChI is InChI=1S/C17H23N3OS/c18-15-11-8-7-10(9-11)14(15)16(21)20-17-19-12-5-3-1-2-4-6-13(12)22-17/h7-8,10-11,14-15H,1-6,9,18H2,(H,19,20,21)/t10-,11+,14-,15+/m1/s1. The number of carbonyl (C=O) groups is 1. The normalized spacial score (nSPS) is 33.3. The highest BCUT2D eigenvalue weighted by Gasteiger charge is 2.46. The molecule has 22 heavy (non-hydrogen) atoms. The molecular weight excluding hydrogens is 294 g/mol. The molecule has 2 bridgehead atoms. The van der Waals surface area contributed by atoms with Crippen LogP contribution >= 0.6 is 11.3 Å². The van der Waals surface area contributed by atoms with Crippen molar-refractivity contribution in [1.82, 2.24) is 4.98 Å². The number of anilines is 1. The molecule has 1 aromatic heterocycles. The van der Waals surface area contributed by atoms with Gasteiger partial charge in [-0.3, -0.25) is 4.79 Å². The van der Waals surface area contributed by atoms with Crippen molar-refractivity contribution >= 4 is 22.4 Å². The van der Waals surface area contributed by atoms with Crippen LogP contribution in [0, 0.1) is 17.8 Å². The molecule has 1 saturated carbocycles. The molecule has 4 atom stereocenters. The molecule has 1 fully saturated rings. The molecule has 0 aliphatic heterocycles. The SMILES string of the molecule is N[C@@H]1[C@H](C(=O)Nc2nc3c(s2)CCCCCC3)[C@@H]2C=C[C@H]1C2. The van der Waals surface area contributed by atoms with Crippen molar-refractivity contribution in [2.24, 2.45) is 23.5 Å². The molecule has 5 heteroatoms. The fourth-order valence-corrected chi connectivity index (χ4v) is 5.23. The minimum Gasteiger partial charge on any atom is -0.326 e. The van der Waals surface area contributed by atoms with E-state index in [1.807, 2.05) is 0 Å². The molecule has 0 saturated heterocycles. The first-order valence-corrected chi connectivity index (χ1v) is 9.27. The Kier molecular flexibility index (Phi) is 3.78. The summed E-state index contributed by atoms with van der Waals surface area (Å²) in [4.78, 5) is 18.7. The minimum absolute atomic E-state index is 0.0315. The van der Waals surface area contributed by atoms with E-state index in [9.17, 15) is 4.79 Å². The predicted molar refractivity (Wildman–Crippen MR) is 88.8 cm³/mol. The molecule has 3 aliphatic carbocycles.